The third-order valence-electron chi connectivity index (χ3n) is 6.10. The number of aliphatic carboxylic acids is 1. The molecule has 0 aliphatic carbocycles. The third kappa shape index (κ3) is 4.79. The Morgan fingerprint density at radius 2 is 2.15 bits per heavy atom. The fraction of sp³-hybridized carbons (Fsp3) is 0.261. The lowest BCUT2D eigenvalue weighted by Gasteiger charge is -2.49. The van der Waals surface area contributed by atoms with Crippen molar-refractivity contribution in [1.29, 1.82) is 0 Å². The van der Waals surface area contributed by atoms with E-state index in [0.717, 1.165) is 11.3 Å². The van der Waals surface area contributed by atoms with Crippen LogP contribution in [0.4, 0.5) is 5.13 Å². The number of carboxylic acids is 1. The Balaban J connectivity index is 1.37. The molecule has 0 unspecified atom stereocenters. The second kappa shape index (κ2) is 10.4. The van der Waals surface area contributed by atoms with E-state index in [1.165, 1.54) is 16.7 Å². The molecule has 2 aliphatic rings. The van der Waals surface area contributed by atoms with E-state index in [4.69, 9.17) is 16.3 Å². The summed E-state index contributed by atoms with van der Waals surface area (Å²) in [5.74, 6) is -2.74. The number of hydrogen-bond acceptors (Lipinski definition) is 10. The highest BCUT2D eigenvalue weighted by molar-refractivity contribution is 8.00. The summed E-state index contributed by atoms with van der Waals surface area (Å²) in [6.45, 7) is 2.11. The maximum Gasteiger partial charge on any atom is 0.352 e. The van der Waals surface area contributed by atoms with E-state index < -0.39 is 35.1 Å². The topological polar surface area (TPSA) is 199 Å². The number of carbonyl (C=O) groups excluding carboxylic acids is 3. The number of imidazole rings is 1. The van der Waals surface area contributed by atoms with E-state index in [0.29, 0.717) is 22.5 Å². The second-order valence-electron chi connectivity index (χ2n) is 8.52. The average Bonchev–Trinajstić information content (AvgIpc) is 3.52. The van der Waals surface area contributed by atoms with Crippen molar-refractivity contribution in [2.45, 2.75) is 24.9 Å². The van der Waals surface area contributed by atoms with E-state index in [-0.39, 0.29) is 35.4 Å². The summed E-state index contributed by atoms with van der Waals surface area (Å²) >= 11 is 2.47. The van der Waals surface area contributed by atoms with Crippen LogP contribution in [0.15, 0.2) is 52.5 Å². The van der Waals surface area contributed by atoms with Crippen molar-refractivity contribution in [3.05, 3.63) is 58.6 Å². The lowest BCUT2D eigenvalue weighted by atomic mass is 10.0. The zero-order valence-electron chi connectivity index (χ0n) is 20.4. The first kappa shape index (κ1) is 26.2. The molecule has 0 aromatic carbocycles. The second-order valence-corrected chi connectivity index (χ2v) is 10.5. The number of oxime groups is 1. The predicted octanol–water partition coefficient (Wildman–Crippen LogP) is -0.456. The molecule has 0 radical (unpaired) electrons. The van der Waals surface area contributed by atoms with Crippen LogP contribution in [0.25, 0.3) is 5.65 Å². The number of nitrogens with zero attached hydrogens (tertiary/aromatic N) is 5. The minimum absolute atomic E-state index is 0.120. The standard InChI is InChI=1S/C23H22N8O6S2/c1-2-37-28-15(13-10-39-23(25)26-13)19(33)27-16-20(34)31-17(22(35)36)12(9-38-21(16)31)8-30-6-5-29-7-11(18(24)32)3-4-14(29)30/h3-7,10,16,21H,2,8-9H2,1H3,(H5-,24,25,26,27,32,33,35,36)/p+1/b28-15-/t16-,21+/m1/s1. The molecule has 5 rings (SSSR count). The smallest absolute Gasteiger partial charge is 0.352 e. The number of nitrogens with one attached hydrogen (secondary N) is 1. The van der Waals surface area contributed by atoms with Gasteiger partial charge in [0.05, 0.1) is 5.56 Å². The Morgan fingerprint density at radius 3 is 2.82 bits per heavy atom. The Labute approximate surface area is 228 Å². The molecule has 14 nitrogen and oxygen atoms in total. The normalized spacial score (nSPS) is 19.1. The van der Waals surface area contributed by atoms with E-state index in [1.54, 1.807) is 47.4 Å². The Hall–Kier alpha value is -4.44. The number of fused-ring (bicyclic) bond motifs is 2. The first-order valence-electron chi connectivity index (χ1n) is 11.6. The number of nitrogens with two attached hydrogens (primary N) is 2. The van der Waals surface area contributed by atoms with Crippen molar-refractivity contribution < 1.29 is 33.7 Å². The van der Waals surface area contributed by atoms with Gasteiger partial charge in [0, 0.05) is 22.8 Å². The van der Waals surface area contributed by atoms with Crippen molar-refractivity contribution >= 4 is 63.3 Å². The zero-order chi connectivity index (χ0) is 27.8. The zero-order valence-corrected chi connectivity index (χ0v) is 22.1. The molecule has 39 heavy (non-hydrogen) atoms. The number of aromatic nitrogens is 3. The highest BCUT2D eigenvalue weighted by Crippen LogP contribution is 2.40. The maximum absolute atomic E-state index is 13.1. The van der Waals surface area contributed by atoms with Gasteiger partial charge in [0.1, 0.15) is 54.5 Å². The summed E-state index contributed by atoms with van der Waals surface area (Å²) in [5, 5.41) is 17.7. The summed E-state index contributed by atoms with van der Waals surface area (Å²) in [6, 6.07) is 2.33. The lowest BCUT2D eigenvalue weighted by Crippen LogP contribution is -2.71. The van der Waals surface area contributed by atoms with Crippen molar-refractivity contribution in [3.63, 3.8) is 0 Å². The minimum atomic E-state index is -1.25. The van der Waals surface area contributed by atoms with E-state index in [9.17, 15) is 24.3 Å². The summed E-state index contributed by atoms with van der Waals surface area (Å²) in [5.41, 5.74) is 12.5. The van der Waals surface area contributed by atoms with Crippen LogP contribution in [-0.2, 0) is 25.8 Å². The Morgan fingerprint density at radius 1 is 1.36 bits per heavy atom. The van der Waals surface area contributed by atoms with Gasteiger partial charge in [-0.25, -0.2) is 18.7 Å². The van der Waals surface area contributed by atoms with Crippen LogP contribution in [0.1, 0.15) is 23.0 Å². The number of pyridine rings is 1. The third-order valence-corrected chi connectivity index (χ3v) is 8.12. The first-order chi connectivity index (χ1) is 18.7. The molecule has 3 amide bonds. The number of thioether (sulfide) groups is 1. The van der Waals surface area contributed by atoms with Crippen molar-refractivity contribution in [3.8, 4) is 0 Å². The first-order valence-corrected chi connectivity index (χ1v) is 13.5. The van der Waals surface area contributed by atoms with Crippen LogP contribution in [0.2, 0.25) is 0 Å². The summed E-state index contributed by atoms with van der Waals surface area (Å²) in [4.78, 5) is 60.2. The molecule has 1 saturated heterocycles. The Kier molecular flexibility index (Phi) is 6.96. The molecule has 5 heterocycles. The van der Waals surface area contributed by atoms with Crippen molar-refractivity contribution in [2.75, 3.05) is 18.1 Å². The largest absolute Gasteiger partial charge is 0.477 e. The fourth-order valence-electron chi connectivity index (χ4n) is 4.33. The number of β-lactam (4-membered cyclic amide) rings is 1. The van der Waals surface area contributed by atoms with Gasteiger partial charge in [-0.2, -0.15) is 0 Å². The molecule has 16 heteroatoms. The van der Waals surface area contributed by atoms with Crippen LogP contribution in [0, 0.1) is 0 Å². The summed E-state index contributed by atoms with van der Waals surface area (Å²) in [6.07, 6.45) is 5.05. The molecule has 0 bridgehead atoms. The molecular formula is C23H23N8O6S2+. The molecule has 0 saturated carbocycles. The molecule has 2 aliphatic heterocycles. The number of carboxylic acid groups (broad SMARTS) is 1. The molecule has 202 valence electrons. The summed E-state index contributed by atoms with van der Waals surface area (Å²) < 4.78 is 3.51. The number of carbonyl (C=O) groups is 4. The average molecular weight is 572 g/mol. The molecule has 3 aromatic rings. The molecule has 3 aromatic heterocycles. The van der Waals surface area contributed by atoms with Gasteiger partial charge in [-0.3, -0.25) is 19.3 Å². The number of hydrogen-bond donors (Lipinski definition) is 4. The van der Waals surface area contributed by atoms with Gasteiger partial charge >= 0.3 is 5.97 Å². The Bertz CT molecular complexity index is 1580. The van der Waals surface area contributed by atoms with Gasteiger partial charge in [-0.05, 0) is 13.0 Å². The van der Waals surface area contributed by atoms with Gasteiger partial charge in [-0.15, -0.1) is 23.1 Å². The summed E-state index contributed by atoms with van der Waals surface area (Å²) in [7, 11) is 0. The van der Waals surface area contributed by atoms with Gasteiger partial charge in [0.2, 0.25) is 0 Å². The number of thiazole rings is 1. The maximum atomic E-state index is 13.1. The van der Waals surface area contributed by atoms with Crippen LogP contribution < -0.4 is 21.4 Å². The fourth-order valence-corrected chi connectivity index (χ4v) is 6.21. The number of primary amides is 1. The van der Waals surface area contributed by atoms with Gasteiger partial charge < -0.3 is 26.7 Å². The number of anilines is 1. The van der Waals surface area contributed by atoms with Crippen LogP contribution >= 0.6 is 23.1 Å². The van der Waals surface area contributed by atoms with Crippen molar-refractivity contribution in [1.82, 2.24) is 19.6 Å². The molecular weight excluding hydrogens is 548 g/mol. The van der Waals surface area contributed by atoms with Crippen LogP contribution in [0.3, 0.4) is 0 Å². The SMILES string of the molecule is CCO/N=C(\C(=O)N[C@@H]1C(=O)N2C(C(=O)O)=C(C[n+]3ccn4cc(C(N)=O)ccc43)CS[C@@H]12)c1csc(N)n1. The van der Waals surface area contributed by atoms with Crippen LogP contribution in [0.5, 0.6) is 0 Å². The monoisotopic (exact) mass is 571 g/mol. The van der Waals surface area contributed by atoms with E-state index >= 15 is 0 Å². The van der Waals surface area contributed by atoms with Gasteiger partial charge in [0.25, 0.3) is 23.4 Å². The highest BCUT2D eigenvalue weighted by Gasteiger charge is 2.54. The number of amides is 3. The number of rotatable bonds is 9. The molecule has 1 fully saturated rings. The molecule has 2 atom stereocenters. The predicted molar refractivity (Wildman–Crippen MR) is 140 cm³/mol. The lowest BCUT2D eigenvalue weighted by molar-refractivity contribution is -0.662. The highest BCUT2D eigenvalue weighted by atomic mass is 32.2. The molecule has 0 spiro atoms. The van der Waals surface area contributed by atoms with Crippen molar-refractivity contribution in [2.24, 2.45) is 10.9 Å². The van der Waals surface area contributed by atoms with E-state index in [2.05, 4.69) is 15.5 Å². The number of nitrogen functional groups attached to an aromatic ring is 1. The van der Waals surface area contributed by atoms with Gasteiger partial charge in [0.15, 0.2) is 10.8 Å². The van der Waals surface area contributed by atoms with E-state index in [1.807, 2.05) is 4.57 Å². The van der Waals surface area contributed by atoms with Gasteiger partial charge in [-0.1, -0.05) is 5.16 Å². The quantitative estimate of drug-likeness (QED) is 0.114. The minimum Gasteiger partial charge on any atom is -0.477 e. The van der Waals surface area contributed by atoms with Crippen LogP contribution in [-0.4, -0.2) is 72.6 Å². The molecule has 6 N–H and O–H groups in total.